The first-order valence-corrected chi connectivity index (χ1v) is 9.93. The molecule has 0 aromatic heterocycles. The first-order valence-electron chi connectivity index (χ1n) is 9.93. The minimum absolute atomic E-state index is 0.0329. The smallest absolute Gasteiger partial charge is 0.303 e. The maximum atomic E-state index is 10.5. The van der Waals surface area contributed by atoms with Crippen molar-refractivity contribution in [1.29, 1.82) is 0 Å². The molecule has 0 heterocycles. The lowest BCUT2D eigenvalue weighted by molar-refractivity contribution is -0.137. The van der Waals surface area contributed by atoms with Gasteiger partial charge in [0.2, 0.25) is 0 Å². The highest BCUT2D eigenvalue weighted by molar-refractivity contribution is 5.66. The maximum absolute atomic E-state index is 10.5. The highest BCUT2D eigenvalue weighted by Gasteiger charge is 2.40. The van der Waals surface area contributed by atoms with E-state index in [9.17, 15) is 15.0 Å². The number of ether oxygens (including phenoxy) is 1. The molecule has 150 valence electrons. The van der Waals surface area contributed by atoms with Gasteiger partial charge in [0.15, 0.2) is 0 Å². The second-order valence-corrected chi connectivity index (χ2v) is 7.26. The number of carbonyl (C=O) groups is 1. The molecule has 0 spiro atoms. The zero-order valence-electron chi connectivity index (χ0n) is 16.2. The predicted octanol–water partition coefficient (Wildman–Crippen LogP) is 3.70. The second-order valence-electron chi connectivity index (χ2n) is 7.26. The number of allylic oxidation sites excluding steroid dienone is 2. The van der Waals surface area contributed by atoms with E-state index in [4.69, 9.17) is 9.84 Å². The fourth-order valence-electron chi connectivity index (χ4n) is 3.63. The molecule has 1 aliphatic carbocycles. The molecule has 5 nitrogen and oxygen atoms in total. The van der Waals surface area contributed by atoms with Crippen LogP contribution in [0, 0.1) is 11.8 Å². The van der Waals surface area contributed by atoms with E-state index in [1.54, 1.807) is 7.11 Å². The Labute approximate surface area is 157 Å². The molecule has 0 bridgehead atoms. The van der Waals surface area contributed by atoms with Crippen LogP contribution in [0.5, 0.6) is 0 Å². The number of aliphatic hydroxyl groups is 2. The van der Waals surface area contributed by atoms with Crippen molar-refractivity contribution in [2.24, 2.45) is 11.8 Å². The van der Waals surface area contributed by atoms with Crippen molar-refractivity contribution >= 4 is 5.97 Å². The normalized spacial score (nSPS) is 27.5. The van der Waals surface area contributed by atoms with E-state index < -0.39 is 18.2 Å². The Bertz CT molecular complexity index is 446. The van der Waals surface area contributed by atoms with Gasteiger partial charge in [0.1, 0.15) is 0 Å². The summed E-state index contributed by atoms with van der Waals surface area (Å²) in [5.41, 5.74) is 0. The fraction of sp³-hybridized carbons (Fsp3) is 0.762. The molecular formula is C21H36O5. The van der Waals surface area contributed by atoms with Gasteiger partial charge in [-0.2, -0.15) is 0 Å². The van der Waals surface area contributed by atoms with Crippen LogP contribution in [-0.2, 0) is 9.53 Å². The van der Waals surface area contributed by atoms with Gasteiger partial charge in [-0.3, -0.25) is 4.79 Å². The minimum atomic E-state index is -0.768. The molecule has 0 radical (unpaired) electrons. The third-order valence-electron chi connectivity index (χ3n) is 5.19. The average Bonchev–Trinajstić information content (AvgIpc) is 2.91. The van der Waals surface area contributed by atoms with Gasteiger partial charge in [0, 0.05) is 25.9 Å². The summed E-state index contributed by atoms with van der Waals surface area (Å²) in [4.78, 5) is 10.5. The first kappa shape index (κ1) is 22.9. The summed E-state index contributed by atoms with van der Waals surface area (Å²) in [5, 5.41) is 29.1. The van der Waals surface area contributed by atoms with Crippen molar-refractivity contribution in [2.45, 2.75) is 83.0 Å². The van der Waals surface area contributed by atoms with E-state index >= 15 is 0 Å². The Morgan fingerprint density at radius 3 is 2.69 bits per heavy atom. The first-order chi connectivity index (χ1) is 12.5. The maximum Gasteiger partial charge on any atom is 0.303 e. The van der Waals surface area contributed by atoms with Crippen molar-refractivity contribution in [2.75, 3.05) is 7.11 Å². The van der Waals surface area contributed by atoms with Gasteiger partial charge in [-0.05, 0) is 31.6 Å². The fourth-order valence-corrected chi connectivity index (χ4v) is 3.63. The van der Waals surface area contributed by atoms with Crippen LogP contribution in [0.1, 0.15) is 64.7 Å². The Hall–Kier alpha value is -1.17. The van der Waals surface area contributed by atoms with Crippen LogP contribution >= 0.6 is 0 Å². The molecule has 1 fully saturated rings. The van der Waals surface area contributed by atoms with Gasteiger partial charge >= 0.3 is 5.97 Å². The molecule has 0 aromatic rings. The molecule has 0 aliphatic heterocycles. The monoisotopic (exact) mass is 368 g/mol. The Kier molecular flexibility index (Phi) is 11.5. The van der Waals surface area contributed by atoms with E-state index in [1.807, 2.05) is 24.3 Å². The van der Waals surface area contributed by atoms with Crippen LogP contribution in [0.4, 0.5) is 0 Å². The Morgan fingerprint density at radius 2 is 2.04 bits per heavy atom. The summed E-state index contributed by atoms with van der Waals surface area (Å²) in [6.07, 6.45) is 14.0. The van der Waals surface area contributed by atoms with Crippen LogP contribution in [-0.4, -0.2) is 46.7 Å². The SMILES string of the molecule is CCCCC[C@H](O)C=C[C@@H]1[C@H](C/C=C/CCCC(=O)O)[C@@H](O)C[C@H]1OC. The van der Waals surface area contributed by atoms with Crippen LogP contribution < -0.4 is 0 Å². The summed E-state index contributed by atoms with van der Waals surface area (Å²) >= 11 is 0. The van der Waals surface area contributed by atoms with Gasteiger partial charge in [0.25, 0.3) is 0 Å². The summed E-state index contributed by atoms with van der Waals surface area (Å²) < 4.78 is 5.54. The molecule has 3 N–H and O–H groups in total. The predicted molar refractivity (Wildman–Crippen MR) is 103 cm³/mol. The number of hydrogen-bond acceptors (Lipinski definition) is 4. The molecule has 1 rings (SSSR count). The number of aliphatic hydroxyl groups excluding tert-OH is 2. The van der Waals surface area contributed by atoms with Crippen LogP contribution in [0.3, 0.4) is 0 Å². The molecular weight excluding hydrogens is 332 g/mol. The van der Waals surface area contributed by atoms with Gasteiger partial charge in [-0.25, -0.2) is 0 Å². The molecule has 0 aromatic carbocycles. The van der Waals surface area contributed by atoms with E-state index in [0.717, 1.165) is 38.5 Å². The number of hydrogen-bond donors (Lipinski definition) is 3. The van der Waals surface area contributed by atoms with Crippen molar-refractivity contribution < 1.29 is 24.9 Å². The number of aliphatic carboxylic acids is 1. The molecule has 0 amide bonds. The molecule has 0 unspecified atom stereocenters. The largest absolute Gasteiger partial charge is 0.481 e. The Morgan fingerprint density at radius 1 is 1.27 bits per heavy atom. The van der Waals surface area contributed by atoms with Crippen LogP contribution in [0.25, 0.3) is 0 Å². The van der Waals surface area contributed by atoms with Crippen molar-refractivity contribution in [3.63, 3.8) is 0 Å². The number of carboxylic acid groups (broad SMARTS) is 1. The Balaban J connectivity index is 2.54. The number of unbranched alkanes of at least 4 members (excludes halogenated alkanes) is 3. The number of methoxy groups -OCH3 is 1. The lowest BCUT2D eigenvalue weighted by Gasteiger charge is -2.21. The zero-order valence-corrected chi connectivity index (χ0v) is 16.2. The highest BCUT2D eigenvalue weighted by Crippen LogP contribution is 2.38. The van der Waals surface area contributed by atoms with Crippen LogP contribution in [0.15, 0.2) is 24.3 Å². The zero-order chi connectivity index (χ0) is 19.4. The number of carboxylic acids is 1. The third-order valence-corrected chi connectivity index (χ3v) is 5.19. The van der Waals surface area contributed by atoms with E-state index in [2.05, 4.69) is 6.92 Å². The summed E-state index contributed by atoms with van der Waals surface area (Å²) in [7, 11) is 1.67. The van der Waals surface area contributed by atoms with Gasteiger partial charge < -0.3 is 20.1 Å². The van der Waals surface area contributed by atoms with E-state index in [0.29, 0.717) is 12.8 Å². The quantitative estimate of drug-likeness (QED) is 0.341. The minimum Gasteiger partial charge on any atom is -0.481 e. The van der Waals surface area contributed by atoms with E-state index in [1.165, 1.54) is 0 Å². The molecule has 5 atom stereocenters. The molecule has 5 heteroatoms. The lowest BCUT2D eigenvalue weighted by Crippen LogP contribution is -2.21. The summed E-state index contributed by atoms with van der Waals surface area (Å²) in [6.45, 7) is 2.14. The standard InChI is InChI=1S/C21H36O5/c1-3-4-7-10-16(22)13-14-18-17(19(23)15-20(18)26-2)11-8-5-6-9-12-21(24)25/h5,8,13-14,16-20,22-23H,3-4,6-7,9-12,15H2,1-2H3,(H,24,25)/b8-5+,14-13?/t16-,17-,18+,19-,20+/m0/s1. The molecule has 1 saturated carbocycles. The van der Waals surface area contributed by atoms with Gasteiger partial charge in [-0.15, -0.1) is 0 Å². The average molecular weight is 369 g/mol. The van der Waals surface area contributed by atoms with E-state index in [-0.39, 0.29) is 24.4 Å². The van der Waals surface area contributed by atoms with Crippen molar-refractivity contribution in [3.8, 4) is 0 Å². The third kappa shape index (κ3) is 8.47. The lowest BCUT2D eigenvalue weighted by atomic mass is 9.89. The number of rotatable bonds is 13. The van der Waals surface area contributed by atoms with Crippen LogP contribution in [0.2, 0.25) is 0 Å². The molecule has 0 saturated heterocycles. The van der Waals surface area contributed by atoms with Gasteiger partial charge in [0.05, 0.1) is 18.3 Å². The highest BCUT2D eigenvalue weighted by atomic mass is 16.5. The van der Waals surface area contributed by atoms with Crippen molar-refractivity contribution in [3.05, 3.63) is 24.3 Å². The molecule has 26 heavy (non-hydrogen) atoms. The topological polar surface area (TPSA) is 87.0 Å². The van der Waals surface area contributed by atoms with Gasteiger partial charge in [-0.1, -0.05) is 50.5 Å². The summed E-state index contributed by atoms with van der Waals surface area (Å²) in [6, 6.07) is 0. The van der Waals surface area contributed by atoms with Crippen molar-refractivity contribution in [1.82, 2.24) is 0 Å². The molecule has 1 aliphatic rings. The summed E-state index contributed by atoms with van der Waals surface area (Å²) in [5.74, 6) is -0.621. The second kappa shape index (κ2) is 13.1.